The fraction of sp³-hybridized carbons (Fsp3) is 0.200. The molecule has 2 rings (SSSR count). The summed E-state index contributed by atoms with van der Waals surface area (Å²) in [5.41, 5.74) is 1.12. The second-order valence-corrected chi connectivity index (χ2v) is 4.33. The van der Waals surface area contributed by atoms with Gasteiger partial charge in [0.1, 0.15) is 0 Å². The van der Waals surface area contributed by atoms with Crippen LogP contribution in [-0.4, -0.2) is 0 Å². The molecule has 68 valence electrons. The zero-order valence-electron chi connectivity index (χ0n) is 7.41. The molecule has 0 amide bonds. The van der Waals surface area contributed by atoms with Gasteiger partial charge in [-0.3, -0.25) is 4.84 Å². The molecule has 1 aromatic carbocycles. The van der Waals surface area contributed by atoms with Crippen LogP contribution < -0.4 is 5.90 Å². The van der Waals surface area contributed by atoms with Crippen LogP contribution in [0.5, 0.6) is 0 Å². The van der Waals surface area contributed by atoms with Crippen molar-refractivity contribution < 1.29 is 4.84 Å². The molecule has 0 aliphatic heterocycles. The van der Waals surface area contributed by atoms with Crippen molar-refractivity contribution in [2.45, 2.75) is 13.5 Å². The van der Waals surface area contributed by atoms with E-state index in [0.717, 1.165) is 5.56 Å². The van der Waals surface area contributed by atoms with E-state index >= 15 is 0 Å². The quantitative estimate of drug-likeness (QED) is 0.744. The Bertz CT molecular complexity index is 422. The van der Waals surface area contributed by atoms with E-state index in [9.17, 15) is 0 Å². The number of hydrogen-bond acceptors (Lipinski definition) is 3. The lowest BCUT2D eigenvalue weighted by Crippen LogP contribution is -1.98. The SMILES string of the molecule is Cc1cc2ccc(CON)cc2s1. The monoisotopic (exact) mass is 193 g/mol. The van der Waals surface area contributed by atoms with Crippen LogP contribution in [0, 0.1) is 6.92 Å². The van der Waals surface area contributed by atoms with Crippen LogP contribution in [0.2, 0.25) is 0 Å². The molecule has 2 N–H and O–H groups in total. The minimum absolute atomic E-state index is 0.479. The van der Waals surface area contributed by atoms with E-state index in [-0.39, 0.29) is 0 Å². The van der Waals surface area contributed by atoms with Gasteiger partial charge in [0.05, 0.1) is 6.61 Å². The molecular formula is C10H11NOS. The third-order valence-electron chi connectivity index (χ3n) is 1.96. The Morgan fingerprint density at radius 2 is 2.23 bits per heavy atom. The Morgan fingerprint density at radius 3 is 3.00 bits per heavy atom. The van der Waals surface area contributed by atoms with Gasteiger partial charge in [0, 0.05) is 9.58 Å². The van der Waals surface area contributed by atoms with Crippen molar-refractivity contribution in [3.8, 4) is 0 Å². The smallest absolute Gasteiger partial charge is 0.0930 e. The molecule has 0 atom stereocenters. The summed E-state index contributed by atoms with van der Waals surface area (Å²) in [6, 6.07) is 8.46. The Balaban J connectivity index is 2.48. The summed E-state index contributed by atoms with van der Waals surface area (Å²) in [6.45, 7) is 2.59. The molecule has 2 aromatic rings. The van der Waals surface area contributed by atoms with Crippen LogP contribution in [0.3, 0.4) is 0 Å². The van der Waals surface area contributed by atoms with Crippen molar-refractivity contribution >= 4 is 21.4 Å². The van der Waals surface area contributed by atoms with Crippen LogP contribution >= 0.6 is 11.3 Å². The molecular weight excluding hydrogens is 182 g/mol. The van der Waals surface area contributed by atoms with Gasteiger partial charge in [-0.05, 0) is 30.0 Å². The highest BCUT2D eigenvalue weighted by molar-refractivity contribution is 7.19. The minimum atomic E-state index is 0.479. The highest BCUT2D eigenvalue weighted by Crippen LogP contribution is 2.25. The van der Waals surface area contributed by atoms with Crippen molar-refractivity contribution in [3.05, 3.63) is 34.7 Å². The van der Waals surface area contributed by atoms with Gasteiger partial charge in [0.2, 0.25) is 0 Å². The van der Waals surface area contributed by atoms with Crippen LogP contribution in [-0.2, 0) is 11.4 Å². The summed E-state index contributed by atoms with van der Waals surface area (Å²) >= 11 is 1.80. The molecule has 2 nitrogen and oxygen atoms in total. The summed E-state index contributed by atoms with van der Waals surface area (Å²) in [5.74, 6) is 5.01. The zero-order chi connectivity index (χ0) is 9.26. The average molecular weight is 193 g/mol. The summed E-state index contributed by atoms with van der Waals surface area (Å²) in [5, 5.41) is 1.29. The molecule has 0 aliphatic carbocycles. The molecule has 0 spiro atoms. The number of hydrogen-bond donors (Lipinski definition) is 1. The molecule has 0 unspecified atom stereocenters. The maximum atomic E-state index is 5.01. The second kappa shape index (κ2) is 3.46. The third kappa shape index (κ3) is 1.72. The third-order valence-corrected chi connectivity index (χ3v) is 2.97. The zero-order valence-corrected chi connectivity index (χ0v) is 8.23. The van der Waals surface area contributed by atoms with Gasteiger partial charge in [-0.15, -0.1) is 11.3 Å². The number of thiophene rings is 1. The molecule has 0 radical (unpaired) electrons. The van der Waals surface area contributed by atoms with E-state index in [2.05, 4.69) is 30.0 Å². The van der Waals surface area contributed by atoms with Crippen molar-refractivity contribution in [1.29, 1.82) is 0 Å². The van der Waals surface area contributed by atoms with Gasteiger partial charge in [-0.2, -0.15) is 0 Å². The Labute approximate surface area is 80.9 Å². The topological polar surface area (TPSA) is 35.2 Å². The summed E-state index contributed by atoms with van der Waals surface area (Å²) in [7, 11) is 0. The number of benzene rings is 1. The number of rotatable bonds is 2. The molecule has 0 fully saturated rings. The first-order valence-corrected chi connectivity index (χ1v) is 4.92. The molecule has 0 saturated carbocycles. The standard InChI is InChI=1S/C10H11NOS/c1-7-4-9-3-2-8(6-12-11)5-10(9)13-7/h2-5H,6,11H2,1H3. The number of aryl methyl sites for hydroxylation is 1. The predicted molar refractivity (Wildman–Crippen MR) is 55.5 cm³/mol. The maximum Gasteiger partial charge on any atom is 0.0930 e. The molecule has 3 heteroatoms. The largest absolute Gasteiger partial charge is 0.300 e. The summed E-state index contributed by atoms with van der Waals surface area (Å²) in [4.78, 5) is 5.92. The highest BCUT2D eigenvalue weighted by atomic mass is 32.1. The highest BCUT2D eigenvalue weighted by Gasteiger charge is 1.99. The Morgan fingerprint density at radius 1 is 1.38 bits per heavy atom. The van der Waals surface area contributed by atoms with E-state index in [0.29, 0.717) is 6.61 Å². The first-order valence-electron chi connectivity index (χ1n) is 4.10. The number of nitrogens with two attached hydrogens (primary N) is 1. The molecule has 1 aromatic heterocycles. The van der Waals surface area contributed by atoms with Crippen LogP contribution in [0.15, 0.2) is 24.3 Å². The molecule has 1 heterocycles. The van der Waals surface area contributed by atoms with Crippen LogP contribution in [0.4, 0.5) is 0 Å². The fourth-order valence-corrected chi connectivity index (χ4v) is 2.38. The molecule has 0 saturated heterocycles. The van der Waals surface area contributed by atoms with E-state index < -0.39 is 0 Å². The fourth-order valence-electron chi connectivity index (χ4n) is 1.39. The molecule has 13 heavy (non-hydrogen) atoms. The van der Waals surface area contributed by atoms with Gasteiger partial charge >= 0.3 is 0 Å². The van der Waals surface area contributed by atoms with Crippen LogP contribution in [0.25, 0.3) is 10.1 Å². The van der Waals surface area contributed by atoms with Gasteiger partial charge < -0.3 is 0 Å². The lowest BCUT2D eigenvalue weighted by atomic mass is 10.2. The Kier molecular flexibility index (Phi) is 2.31. The van der Waals surface area contributed by atoms with Crippen LogP contribution in [0.1, 0.15) is 10.4 Å². The molecule has 0 aliphatic rings. The Hall–Kier alpha value is -0.900. The predicted octanol–water partition coefficient (Wildman–Crippen LogP) is 2.60. The second-order valence-electron chi connectivity index (χ2n) is 3.04. The average Bonchev–Trinajstić information content (AvgIpc) is 2.44. The lowest BCUT2D eigenvalue weighted by molar-refractivity contribution is 0.124. The van der Waals surface area contributed by atoms with Gasteiger partial charge in [0.25, 0.3) is 0 Å². The van der Waals surface area contributed by atoms with Crippen molar-refractivity contribution in [1.82, 2.24) is 0 Å². The maximum absolute atomic E-state index is 5.01. The normalized spacial score (nSPS) is 10.9. The summed E-state index contributed by atoms with van der Waals surface area (Å²) in [6.07, 6.45) is 0. The van der Waals surface area contributed by atoms with E-state index in [1.165, 1.54) is 15.0 Å². The van der Waals surface area contributed by atoms with E-state index in [1.807, 2.05) is 6.07 Å². The lowest BCUT2D eigenvalue weighted by Gasteiger charge is -1.97. The summed E-state index contributed by atoms with van der Waals surface area (Å²) < 4.78 is 1.30. The minimum Gasteiger partial charge on any atom is -0.300 e. The van der Waals surface area contributed by atoms with E-state index in [1.54, 1.807) is 11.3 Å². The van der Waals surface area contributed by atoms with Gasteiger partial charge in [-0.25, -0.2) is 5.90 Å². The van der Waals surface area contributed by atoms with Crippen molar-refractivity contribution in [3.63, 3.8) is 0 Å². The van der Waals surface area contributed by atoms with Crippen molar-refractivity contribution in [2.24, 2.45) is 5.90 Å². The molecule has 0 bridgehead atoms. The van der Waals surface area contributed by atoms with Gasteiger partial charge in [0.15, 0.2) is 0 Å². The van der Waals surface area contributed by atoms with E-state index in [4.69, 9.17) is 5.90 Å². The van der Waals surface area contributed by atoms with Crippen molar-refractivity contribution in [2.75, 3.05) is 0 Å². The first-order chi connectivity index (χ1) is 6.29. The van der Waals surface area contributed by atoms with Gasteiger partial charge in [-0.1, -0.05) is 12.1 Å². The first kappa shape index (κ1) is 8.69. The number of fused-ring (bicyclic) bond motifs is 1.